The molecule has 1 atom stereocenters. The summed E-state index contributed by atoms with van der Waals surface area (Å²) in [4.78, 5) is 11.5. The third kappa shape index (κ3) is 3.92. The summed E-state index contributed by atoms with van der Waals surface area (Å²) >= 11 is 3.41. The predicted molar refractivity (Wildman–Crippen MR) is 65.8 cm³/mol. The van der Waals surface area contributed by atoms with Crippen LogP contribution in [0.1, 0.15) is 5.56 Å². The van der Waals surface area contributed by atoms with Gasteiger partial charge >= 0.3 is 0 Å². The number of rotatable bonds is 5. The number of methoxy groups -OCH3 is 1. The van der Waals surface area contributed by atoms with Crippen LogP contribution in [-0.4, -0.2) is 25.7 Å². The smallest absolute Gasteiger partial charge is 0.239 e. The van der Waals surface area contributed by atoms with Gasteiger partial charge in [-0.2, -0.15) is 0 Å². The van der Waals surface area contributed by atoms with Gasteiger partial charge in [0.2, 0.25) is 5.91 Å². The average molecular weight is 287 g/mol. The fourth-order valence-electron chi connectivity index (χ4n) is 1.21. The number of hydrogen-bond acceptors (Lipinski definition) is 3. The lowest BCUT2D eigenvalue weighted by molar-refractivity contribution is -0.123. The molecule has 4 nitrogen and oxygen atoms in total. The van der Waals surface area contributed by atoms with E-state index < -0.39 is 6.04 Å². The van der Waals surface area contributed by atoms with E-state index in [0.29, 0.717) is 6.54 Å². The van der Waals surface area contributed by atoms with Crippen LogP contribution in [0.15, 0.2) is 28.7 Å². The second-order valence-corrected chi connectivity index (χ2v) is 4.23. The van der Waals surface area contributed by atoms with Gasteiger partial charge < -0.3 is 15.8 Å². The van der Waals surface area contributed by atoms with Crippen LogP contribution in [-0.2, 0) is 16.1 Å². The first-order chi connectivity index (χ1) is 7.65. The van der Waals surface area contributed by atoms with Crippen molar-refractivity contribution in [1.82, 2.24) is 5.32 Å². The summed E-state index contributed by atoms with van der Waals surface area (Å²) in [6, 6.07) is 7.09. The zero-order valence-electron chi connectivity index (χ0n) is 9.07. The minimum Gasteiger partial charge on any atom is -0.383 e. The van der Waals surface area contributed by atoms with E-state index in [-0.39, 0.29) is 12.5 Å². The maximum atomic E-state index is 11.5. The Morgan fingerprint density at radius 1 is 1.56 bits per heavy atom. The molecule has 1 aromatic carbocycles. The Bertz CT molecular complexity index is 358. The quantitative estimate of drug-likeness (QED) is 0.850. The zero-order chi connectivity index (χ0) is 12.0. The maximum absolute atomic E-state index is 11.5. The molecule has 1 rings (SSSR count). The van der Waals surface area contributed by atoms with Crippen LogP contribution in [0.4, 0.5) is 0 Å². The highest BCUT2D eigenvalue weighted by molar-refractivity contribution is 9.10. The van der Waals surface area contributed by atoms with Crippen molar-refractivity contribution >= 4 is 21.8 Å². The molecular formula is C11H15BrN2O2. The first-order valence-electron chi connectivity index (χ1n) is 4.90. The summed E-state index contributed by atoms with van der Waals surface area (Å²) in [5.41, 5.74) is 6.60. The Balaban J connectivity index is 2.46. The summed E-state index contributed by atoms with van der Waals surface area (Å²) in [5.74, 6) is -0.211. The van der Waals surface area contributed by atoms with Gasteiger partial charge in [0, 0.05) is 18.1 Å². The van der Waals surface area contributed by atoms with Gasteiger partial charge in [-0.25, -0.2) is 0 Å². The van der Waals surface area contributed by atoms with Crippen molar-refractivity contribution in [2.24, 2.45) is 5.73 Å². The number of carbonyl (C=O) groups is 1. The molecule has 0 bridgehead atoms. The molecule has 0 aliphatic rings. The van der Waals surface area contributed by atoms with Crippen molar-refractivity contribution in [2.45, 2.75) is 12.6 Å². The van der Waals surface area contributed by atoms with E-state index in [1.165, 1.54) is 7.11 Å². The van der Waals surface area contributed by atoms with Gasteiger partial charge in [-0.1, -0.05) is 34.1 Å². The van der Waals surface area contributed by atoms with Crippen molar-refractivity contribution in [2.75, 3.05) is 13.7 Å². The number of nitrogens with one attached hydrogen (secondary N) is 1. The van der Waals surface area contributed by atoms with Gasteiger partial charge in [0.25, 0.3) is 0 Å². The molecule has 1 aromatic rings. The average Bonchev–Trinajstić information content (AvgIpc) is 2.28. The molecule has 0 fully saturated rings. The van der Waals surface area contributed by atoms with Crippen molar-refractivity contribution in [3.63, 3.8) is 0 Å². The summed E-state index contributed by atoms with van der Waals surface area (Å²) in [7, 11) is 1.51. The predicted octanol–water partition coefficient (Wildman–Crippen LogP) is 1.04. The molecular weight excluding hydrogens is 272 g/mol. The Hall–Kier alpha value is -0.910. The van der Waals surface area contributed by atoms with E-state index in [9.17, 15) is 4.79 Å². The first kappa shape index (κ1) is 13.2. The topological polar surface area (TPSA) is 64.3 Å². The molecule has 0 saturated heterocycles. The molecule has 0 aromatic heterocycles. The lowest BCUT2D eigenvalue weighted by atomic mass is 10.2. The Kier molecular flexibility index (Phi) is 5.45. The highest BCUT2D eigenvalue weighted by atomic mass is 79.9. The SMILES string of the molecule is COCC(N)C(=O)NCc1ccccc1Br. The maximum Gasteiger partial charge on any atom is 0.239 e. The molecule has 0 aliphatic heterocycles. The Morgan fingerprint density at radius 3 is 2.88 bits per heavy atom. The number of hydrogen-bond donors (Lipinski definition) is 2. The fourth-order valence-corrected chi connectivity index (χ4v) is 1.64. The van der Waals surface area contributed by atoms with E-state index >= 15 is 0 Å². The second kappa shape index (κ2) is 6.62. The van der Waals surface area contributed by atoms with Crippen LogP contribution in [0.25, 0.3) is 0 Å². The number of halogens is 1. The fraction of sp³-hybridized carbons (Fsp3) is 0.364. The van der Waals surface area contributed by atoms with Gasteiger partial charge in [0.05, 0.1) is 6.61 Å². The van der Waals surface area contributed by atoms with Gasteiger partial charge in [0.15, 0.2) is 0 Å². The molecule has 1 amide bonds. The molecule has 3 N–H and O–H groups in total. The van der Waals surface area contributed by atoms with Crippen LogP contribution in [0.5, 0.6) is 0 Å². The van der Waals surface area contributed by atoms with E-state index in [1.807, 2.05) is 24.3 Å². The monoisotopic (exact) mass is 286 g/mol. The molecule has 88 valence electrons. The minimum atomic E-state index is -0.618. The number of nitrogens with two attached hydrogens (primary N) is 1. The van der Waals surface area contributed by atoms with Gasteiger partial charge in [-0.15, -0.1) is 0 Å². The molecule has 0 spiro atoms. The lowest BCUT2D eigenvalue weighted by Crippen LogP contribution is -2.43. The third-order valence-corrected chi connectivity index (χ3v) is 2.87. The number of benzene rings is 1. The molecule has 0 radical (unpaired) electrons. The zero-order valence-corrected chi connectivity index (χ0v) is 10.7. The second-order valence-electron chi connectivity index (χ2n) is 3.37. The van der Waals surface area contributed by atoms with Crippen molar-refractivity contribution in [1.29, 1.82) is 0 Å². The van der Waals surface area contributed by atoms with Crippen molar-refractivity contribution in [3.8, 4) is 0 Å². The highest BCUT2D eigenvalue weighted by Crippen LogP contribution is 2.15. The summed E-state index contributed by atoms with van der Waals surface area (Å²) in [5, 5.41) is 2.75. The molecule has 0 heterocycles. The lowest BCUT2D eigenvalue weighted by Gasteiger charge is -2.11. The van der Waals surface area contributed by atoms with Crippen LogP contribution >= 0.6 is 15.9 Å². The molecule has 5 heteroatoms. The van der Waals surface area contributed by atoms with E-state index in [0.717, 1.165) is 10.0 Å². The molecule has 0 saturated carbocycles. The third-order valence-electron chi connectivity index (χ3n) is 2.09. The minimum absolute atomic E-state index is 0.211. The summed E-state index contributed by atoms with van der Waals surface area (Å²) < 4.78 is 5.77. The van der Waals surface area contributed by atoms with Crippen molar-refractivity contribution < 1.29 is 9.53 Å². The van der Waals surface area contributed by atoms with Gasteiger partial charge in [0.1, 0.15) is 6.04 Å². The van der Waals surface area contributed by atoms with Crippen LogP contribution in [0.2, 0.25) is 0 Å². The van der Waals surface area contributed by atoms with Gasteiger partial charge in [-0.3, -0.25) is 4.79 Å². The van der Waals surface area contributed by atoms with Crippen molar-refractivity contribution in [3.05, 3.63) is 34.3 Å². The molecule has 16 heavy (non-hydrogen) atoms. The standard InChI is InChI=1S/C11H15BrN2O2/c1-16-7-10(13)11(15)14-6-8-4-2-3-5-9(8)12/h2-5,10H,6-7,13H2,1H3,(H,14,15). The van der Waals surface area contributed by atoms with Crippen LogP contribution in [0, 0.1) is 0 Å². The highest BCUT2D eigenvalue weighted by Gasteiger charge is 2.12. The van der Waals surface area contributed by atoms with Crippen LogP contribution < -0.4 is 11.1 Å². The summed E-state index contributed by atoms with van der Waals surface area (Å²) in [6.07, 6.45) is 0. The van der Waals surface area contributed by atoms with Gasteiger partial charge in [-0.05, 0) is 11.6 Å². The van der Waals surface area contributed by atoms with E-state index in [2.05, 4.69) is 21.2 Å². The Labute approximate surface area is 103 Å². The first-order valence-corrected chi connectivity index (χ1v) is 5.70. The van der Waals surface area contributed by atoms with E-state index in [4.69, 9.17) is 10.5 Å². The summed E-state index contributed by atoms with van der Waals surface area (Å²) in [6.45, 7) is 0.680. The largest absolute Gasteiger partial charge is 0.383 e. The number of ether oxygens (including phenoxy) is 1. The number of amides is 1. The number of carbonyl (C=O) groups excluding carboxylic acids is 1. The Morgan fingerprint density at radius 2 is 2.25 bits per heavy atom. The normalized spacial score (nSPS) is 12.2. The molecule has 1 unspecified atom stereocenters. The van der Waals surface area contributed by atoms with Crippen LogP contribution in [0.3, 0.4) is 0 Å². The molecule has 0 aliphatic carbocycles. The van der Waals surface area contributed by atoms with E-state index in [1.54, 1.807) is 0 Å².